The first-order chi connectivity index (χ1) is 25.7. The summed E-state index contributed by atoms with van der Waals surface area (Å²) in [5.74, 6) is -0.715. The Morgan fingerprint density at radius 3 is 2.22 bits per heavy atom. The molecular weight excluding hydrogens is 721 g/mol. The fourth-order valence-electron chi connectivity index (χ4n) is 7.81. The molecule has 3 amide bonds. The smallest absolute Gasteiger partial charge is 0.245 e. The number of hydrogen-bond donors (Lipinski definition) is 3. The number of amides is 3. The molecule has 0 radical (unpaired) electrons. The molecule has 3 N–H and O–H groups in total. The molecule has 2 aromatic rings. The Kier molecular flexibility index (Phi) is 18.5. The molecule has 1 aliphatic heterocycles. The van der Waals surface area contributed by atoms with Crippen LogP contribution in [0, 0.1) is 23.7 Å². The van der Waals surface area contributed by atoms with Gasteiger partial charge in [-0.3, -0.25) is 14.4 Å². The van der Waals surface area contributed by atoms with Gasteiger partial charge in [0.1, 0.15) is 11.0 Å². The number of ether oxygens (including phenoxy) is 2. The number of likely N-dealkylation sites (tertiary alicyclic amines) is 1. The maximum atomic E-state index is 14.3. The SMILES string of the molecule is CCC(C)C(C(CC(=O)N1CCCC1C(OC)C(C)C(=S)NC(Cc1ccccc1)c1nccs1)OC)N(C)C(=O)C(NC(=O)C(NC)C(C)C)C(C)C. The van der Waals surface area contributed by atoms with Gasteiger partial charge < -0.3 is 35.2 Å². The molecule has 11 nitrogen and oxygen atoms in total. The van der Waals surface area contributed by atoms with Gasteiger partial charge in [-0.05, 0) is 49.6 Å². The van der Waals surface area contributed by atoms with Crippen molar-refractivity contribution in [2.45, 2.75) is 123 Å². The van der Waals surface area contributed by atoms with E-state index in [0.29, 0.717) is 11.5 Å². The highest BCUT2D eigenvalue weighted by Crippen LogP contribution is 2.31. The number of likely N-dealkylation sites (N-methyl/N-ethyl adjacent to an activating group) is 2. The molecule has 0 aliphatic carbocycles. The standard InChI is InChI=1S/C41H66N6O5S2/c1-12-27(6)36(46(9)41(50)35(26(4)5)45-38(49)34(42-8)25(2)3)32(51-10)24-33(48)47-21-16-19-31(47)37(52-11)28(7)39(53)44-30(40-43-20-22-54-40)23-29-17-14-13-15-18-29/h13-15,17-18,20,22,25-28,30-32,34-37,42H,12,16,19,21,23-24H2,1-11H3,(H,44,53)(H,45,49). The Hall–Kier alpha value is -2.97. The first kappa shape index (κ1) is 45.4. The van der Waals surface area contributed by atoms with Crippen LogP contribution in [0.25, 0.3) is 0 Å². The molecule has 13 heteroatoms. The van der Waals surface area contributed by atoms with Crippen LogP contribution in [-0.4, -0.2) is 109 Å². The highest BCUT2D eigenvalue weighted by Gasteiger charge is 2.42. The maximum absolute atomic E-state index is 14.3. The van der Waals surface area contributed by atoms with E-state index >= 15 is 0 Å². The first-order valence-electron chi connectivity index (χ1n) is 19.5. The van der Waals surface area contributed by atoms with Crippen LogP contribution in [0.5, 0.6) is 0 Å². The molecule has 2 heterocycles. The van der Waals surface area contributed by atoms with Crippen molar-refractivity contribution in [1.29, 1.82) is 0 Å². The second-order valence-electron chi connectivity index (χ2n) is 15.5. The van der Waals surface area contributed by atoms with Crippen LogP contribution in [0.15, 0.2) is 41.9 Å². The molecule has 302 valence electrons. The molecule has 9 atom stereocenters. The normalized spacial score (nSPS) is 19.1. The summed E-state index contributed by atoms with van der Waals surface area (Å²) in [4.78, 5) is 50.6. The molecule has 54 heavy (non-hydrogen) atoms. The van der Waals surface area contributed by atoms with Crippen LogP contribution in [0.1, 0.15) is 90.8 Å². The van der Waals surface area contributed by atoms with Gasteiger partial charge in [0.25, 0.3) is 0 Å². The summed E-state index contributed by atoms with van der Waals surface area (Å²) in [7, 11) is 6.81. The third kappa shape index (κ3) is 11.8. The Bertz CT molecular complexity index is 1460. The predicted octanol–water partition coefficient (Wildman–Crippen LogP) is 5.65. The number of carbonyl (C=O) groups is 3. The number of methoxy groups -OCH3 is 2. The van der Waals surface area contributed by atoms with E-state index in [-0.39, 0.29) is 66.0 Å². The third-order valence-corrected chi connectivity index (χ3v) is 12.5. The molecule has 1 fully saturated rings. The lowest BCUT2D eigenvalue weighted by atomic mass is 9.89. The van der Waals surface area contributed by atoms with E-state index in [9.17, 15) is 14.4 Å². The van der Waals surface area contributed by atoms with E-state index in [1.165, 1.54) is 5.56 Å². The average Bonchev–Trinajstić information content (AvgIpc) is 3.87. The summed E-state index contributed by atoms with van der Waals surface area (Å²) in [6, 6.07) is 8.46. The first-order valence-corrected chi connectivity index (χ1v) is 20.8. The van der Waals surface area contributed by atoms with Crippen LogP contribution >= 0.6 is 23.6 Å². The third-order valence-electron chi connectivity index (χ3n) is 11.1. The Morgan fingerprint density at radius 2 is 1.69 bits per heavy atom. The molecule has 1 saturated heterocycles. The summed E-state index contributed by atoms with van der Waals surface area (Å²) in [5.41, 5.74) is 1.19. The number of thiazole rings is 1. The number of benzene rings is 1. The number of thiocarbonyl (C=S) groups is 1. The zero-order chi connectivity index (χ0) is 40.1. The number of aromatic nitrogens is 1. The summed E-state index contributed by atoms with van der Waals surface area (Å²) in [5, 5.41) is 12.6. The Labute approximate surface area is 333 Å². The minimum Gasteiger partial charge on any atom is -0.379 e. The van der Waals surface area contributed by atoms with Crippen LogP contribution < -0.4 is 16.0 Å². The second kappa shape index (κ2) is 21.9. The highest BCUT2D eigenvalue weighted by atomic mass is 32.1. The van der Waals surface area contributed by atoms with Gasteiger partial charge in [-0.25, -0.2) is 4.98 Å². The van der Waals surface area contributed by atoms with Crippen LogP contribution in [0.3, 0.4) is 0 Å². The molecule has 1 aromatic carbocycles. The molecule has 1 aromatic heterocycles. The maximum Gasteiger partial charge on any atom is 0.245 e. The van der Waals surface area contributed by atoms with Gasteiger partial charge in [-0.2, -0.15) is 0 Å². The zero-order valence-corrected chi connectivity index (χ0v) is 36.0. The lowest BCUT2D eigenvalue weighted by Gasteiger charge is -2.41. The predicted molar refractivity (Wildman–Crippen MR) is 221 cm³/mol. The molecule has 0 spiro atoms. The average molecular weight is 787 g/mol. The van der Waals surface area contributed by atoms with Gasteiger partial charge in [-0.15, -0.1) is 11.3 Å². The fraction of sp³-hybridized carbons (Fsp3) is 0.683. The second-order valence-corrected chi connectivity index (χ2v) is 16.8. The van der Waals surface area contributed by atoms with Gasteiger partial charge in [-0.1, -0.05) is 97.4 Å². The lowest BCUT2D eigenvalue weighted by molar-refractivity contribution is -0.147. The summed E-state index contributed by atoms with van der Waals surface area (Å²) >= 11 is 7.64. The number of nitrogens with zero attached hydrogens (tertiary/aromatic N) is 3. The summed E-state index contributed by atoms with van der Waals surface area (Å²) in [6.45, 7) is 14.6. The van der Waals surface area contributed by atoms with Crippen molar-refractivity contribution >= 4 is 46.3 Å². The number of nitrogens with one attached hydrogen (secondary N) is 3. The van der Waals surface area contributed by atoms with Crippen molar-refractivity contribution in [3.63, 3.8) is 0 Å². The largest absolute Gasteiger partial charge is 0.379 e. The van der Waals surface area contributed by atoms with Gasteiger partial charge in [0.2, 0.25) is 17.7 Å². The minimum atomic E-state index is -0.732. The van der Waals surface area contributed by atoms with Crippen molar-refractivity contribution in [3.8, 4) is 0 Å². The van der Waals surface area contributed by atoms with Crippen LogP contribution in [0.2, 0.25) is 0 Å². The molecule has 3 rings (SSSR count). The lowest BCUT2D eigenvalue weighted by Crippen LogP contribution is -2.59. The van der Waals surface area contributed by atoms with E-state index in [1.54, 1.807) is 44.6 Å². The van der Waals surface area contributed by atoms with Gasteiger partial charge in [0.15, 0.2) is 0 Å². The quantitative estimate of drug-likeness (QED) is 0.138. The van der Waals surface area contributed by atoms with Crippen molar-refractivity contribution in [2.75, 3.05) is 34.9 Å². The topological polar surface area (TPSA) is 125 Å². The van der Waals surface area contributed by atoms with Crippen molar-refractivity contribution in [2.24, 2.45) is 23.7 Å². The highest BCUT2D eigenvalue weighted by molar-refractivity contribution is 7.80. The minimum absolute atomic E-state index is 0.0205. The van der Waals surface area contributed by atoms with E-state index in [4.69, 9.17) is 21.7 Å². The van der Waals surface area contributed by atoms with E-state index in [0.717, 1.165) is 30.7 Å². The molecule has 0 bridgehead atoms. The Morgan fingerprint density at radius 1 is 1.02 bits per heavy atom. The van der Waals surface area contributed by atoms with Gasteiger partial charge >= 0.3 is 0 Å². The fourth-order valence-corrected chi connectivity index (χ4v) is 8.77. The summed E-state index contributed by atoms with van der Waals surface area (Å²) < 4.78 is 12.2. The van der Waals surface area contributed by atoms with Gasteiger partial charge in [0, 0.05) is 45.3 Å². The van der Waals surface area contributed by atoms with E-state index in [2.05, 4.69) is 53.8 Å². The van der Waals surface area contributed by atoms with Crippen LogP contribution in [-0.2, 0) is 30.3 Å². The van der Waals surface area contributed by atoms with Crippen molar-refractivity contribution in [1.82, 2.24) is 30.7 Å². The van der Waals surface area contributed by atoms with E-state index in [1.807, 2.05) is 62.4 Å². The Balaban J connectivity index is 1.78. The van der Waals surface area contributed by atoms with Crippen molar-refractivity contribution < 1.29 is 23.9 Å². The van der Waals surface area contributed by atoms with Gasteiger partial charge in [0.05, 0.1) is 47.8 Å². The number of rotatable bonds is 21. The molecule has 0 saturated carbocycles. The molecule has 9 unspecified atom stereocenters. The van der Waals surface area contributed by atoms with Crippen LogP contribution in [0.4, 0.5) is 0 Å². The van der Waals surface area contributed by atoms with Crippen molar-refractivity contribution in [3.05, 3.63) is 52.5 Å². The van der Waals surface area contributed by atoms with E-state index < -0.39 is 24.2 Å². The number of carbonyl (C=O) groups excluding carboxylic acids is 3. The zero-order valence-electron chi connectivity index (χ0n) is 34.3. The summed E-state index contributed by atoms with van der Waals surface area (Å²) in [6.07, 6.45) is 4.17. The number of hydrogen-bond acceptors (Lipinski definition) is 9. The molecule has 1 aliphatic rings. The molecular formula is C41H66N6O5S2. The monoisotopic (exact) mass is 786 g/mol.